The van der Waals surface area contributed by atoms with Crippen LogP contribution in [0.3, 0.4) is 0 Å². The van der Waals surface area contributed by atoms with Crippen molar-refractivity contribution in [3.63, 3.8) is 0 Å². The fourth-order valence-electron chi connectivity index (χ4n) is 1.79. The van der Waals surface area contributed by atoms with Crippen molar-refractivity contribution >= 4 is 47.6 Å². The van der Waals surface area contributed by atoms with Gasteiger partial charge in [-0.15, -0.1) is 0 Å². The first-order valence-corrected chi connectivity index (χ1v) is 8.89. The summed E-state index contributed by atoms with van der Waals surface area (Å²) in [4.78, 5) is 0.107. The van der Waals surface area contributed by atoms with Gasteiger partial charge in [0.15, 0.2) is 0 Å². The molecule has 2 aromatic carbocycles. The van der Waals surface area contributed by atoms with Crippen LogP contribution in [0.2, 0.25) is 0 Å². The van der Waals surface area contributed by atoms with E-state index in [2.05, 4.69) is 36.6 Å². The molecule has 7 heteroatoms. The molecule has 0 aromatic heterocycles. The molecule has 0 saturated heterocycles. The minimum atomic E-state index is -3.78. The Kier molecular flexibility index (Phi) is 4.71. The molecule has 2 aromatic rings. The predicted molar refractivity (Wildman–Crippen MR) is 88.5 cm³/mol. The first kappa shape index (κ1) is 16.0. The first-order chi connectivity index (χ1) is 9.85. The highest BCUT2D eigenvalue weighted by molar-refractivity contribution is 9.11. The second kappa shape index (κ2) is 6.18. The van der Waals surface area contributed by atoms with E-state index in [9.17, 15) is 8.42 Å². The molecule has 21 heavy (non-hydrogen) atoms. The summed E-state index contributed by atoms with van der Waals surface area (Å²) < 4.78 is 28.6. The van der Waals surface area contributed by atoms with E-state index in [4.69, 9.17) is 5.26 Å². The van der Waals surface area contributed by atoms with Crippen LogP contribution in [0.5, 0.6) is 0 Å². The Balaban J connectivity index is 2.48. The third-order valence-electron chi connectivity index (χ3n) is 2.81. The molecule has 0 aliphatic heterocycles. The highest BCUT2D eigenvalue weighted by Crippen LogP contribution is 2.28. The average molecular weight is 430 g/mol. The molecule has 0 saturated carbocycles. The molecule has 0 unspecified atom stereocenters. The summed E-state index contributed by atoms with van der Waals surface area (Å²) in [5, 5.41) is 9.16. The quantitative estimate of drug-likeness (QED) is 0.794. The van der Waals surface area contributed by atoms with Gasteiger partial charge in [0.1, 0.15) is 11.0 Å². The van der Waals surface area contributed by atoms with E-state index in [0.29, 0.717) is 15.6 Å². The van der Waals surface area contributed by atoms with Crippen molar-refractivity contribution in [2.45, 2.75) is 11.8 Å². The van der Waals surface area contributed by atoms with E-state index < -0.39 is 10.0 Å². The van der Waals surface area contributed by atoms with E-state index in [1.54, 1.807) is 37.3 Å². The van der Waals surface area contributed by atoms with Gasteiger partial charge >= 0.3 is 0 Å². The van der Waals surface area contributed by atoms with Gasteiger partial charge in [-0.2, -0.15) is 5.26 Å². The largest absolute Gasteiger partial charge is 0.278 e. The lowest BCUT2D eigenvalue weighted by Gasteiger charge is -2.12. The smallest absolute Gasteiger partial charge is 0.263 e. The zero-order valence-electron chi connectivity index (χ0n) is 10.9. The van der Waals surface area contributed by atoms with Gasteiger partial charge in [-0.3, -0.25) is 4.72 Å². The molecule has 0 fully saturated rings. The van der Waals surface area contributed by atoms with Crippen molar-refractivity contribution in [3.8, 4) is 6.07 Å². The van der Waals surface area contributed by atoms with Crippen molar-refractivity contribution in [3.05, 3.63) is 56.5 Å². The second-order valence-electron chi connectivity index (χ2n) is 4.29. The van der Waals surface area contributed by atoms with Crippen molar-refractivity contribution in [2.75, 3.05) is 4.72 Å². The van der Waals surface area contributed by atoms with Gasteiger partial charge in [0.05, 0.1) is 11.3 Å². The van der Waals surface area contributed by atoms with Gasteiger partial charge in [0.25, 0.3) is 10.0 Å². The minimum Gasteiger partial charge on any atom is -0.278 e. The number of hydrogen-bond acceptors (Lipinski definition) is 3. The highest BCUT2D eigenvalue weighted by atomic mass is 79.9. The average Bonchev–Trinajstić information content (AvgIpc) is 2.38. The van der Waals surface area contributed by atoms with Crippen molar-refractivity contribution < 1.29 is 8.42 Å². The molecule has 0 atom stereocenters. The summed E-state index contributed by atoms with van der Waals surface area (Å²) in [5.41, 5.74) is 1.30. The number of anilines is 1. The van der Waals surface area contributed by atoms with Gasteiger partial charge in [0, 0.05) is 8.95 Å². The Labute approximate surface area is 140 Å². The number of benzene rings is 2. The summed E-state index contributed by atoms with van der Waals surface area (Å²) >= 11 is 6.51. The molecule has 0 spiro atoms. The van der Waals surface area contributed by atoms with Crippen LogP contribution in [0.1, 0.15) is 11.1 Å². The third-order valence-corrected chi connectivity index (χ3v) is 5.65. The first-order valence-electron chi connectivity index (χ1n) is 5.83. The molecular weight excluding hydrogens is 420 g/mol. The SMILES string of the molecule is Cc1cccc(NS(=O)(=O)c2ccc(Br)cc2Br)c1C#N. The summed E-state index contributed by atoms with van der Waals surface area (Å²) in [6, 6.07) is 11.8. The molecule has 0 bridgehead atoms. The van der Waals surface area contributed by atoms with Crippen LogP contribution in [0.4, 0.5) is 5.69 Å². The van der Waals surface area contributed by atoms with E-state index in [1.807, 2.05) is 6.07 Å². The van der Waals surface area contributed by atoms with Gasteiger partial charge in [-0.1, -0.05) is 28.1 Å². The van der Waals surface area contributed by atoms with Crippen LogP contribution >= 0.6 is 31.9 Å². The normalized spacial score (nSPS) is 11.0. The van der Waals surface area contributed by atoms with Crippen LogP contribution in [-0.2, 0) is 10.0 Å². The zero-order chi connectivity index (χ0) is 15.6. The molecular formula is C14H10Br2N2O2S. The number of rotatable bonds is 3. The van der Waals surface area contributed by atoms with Crippen molar-refractivity contribution in [1.82, 2.24) is 0 Å². The second-order valence-corrected chi connectivity index (χ2v) is 7.71. The number of hydrogen-bond donors (Lipinski definition) is 1. The molecule has 0 amide bonds. The maximum Gasteiger partial charge on any atom is 0.263 e. The van der Waals surface area contributed by atoms with Crippen molar-refractivity contribution in [1.29, 1.82) is 5.26 Å². The summed E-state index contributed by atoms with van der Waals surface area (Å²) in [6.45, 7) is 1.76. The number of halogens is 2. The Morgan fingerprint density at radius 2 is 1.90 bits per heavy atom. The summed E-state index contributed by atoms with van der Waals surface area (Å²) in [6.07, 6.45) is 0. The monoisotopic (exact) mass is 428 g/mol. The molecule has 2 rings (SSSR count). The fourth-order valence-corrected chi connectivity index (χ4v) is 4.61. The zero-order valence-corrected chi connectivity index (χ0v) is 14.9. The number of sulfonamides is 1. The minimum absolute atomic E-state index is 0.107. The summed E-state index contributed by atoms with van der Waals surface area (Å²) in [7, 11) is -3.78. The van der Waals surface area contributed by atoms with Crippen LogP contribution in [0, 0.1) is 18.3 Å². The maximum atomic E-state index is 12.4. The Hall–Kier alpha value is -1.36. The molecule has 0 aliphatic carbocycles. The van der Waals surface area contributed by atoms with Crippen LogP contribution in [0.15, 0.2) is 50.2 Å². The van der Waals surface area contributed by atoms with Gasteiger partial charge in [-0.25, -0.2) is 8.42 Å². The Morgan fingerprint density at radius 1 is 1.19 bits per heavy atom. The van der Waals surface area contributed by atoms with Gasteiger partial charge < -0.3 is 0 Å². The third kappa shape index (κ3) is 3.46. The lowest BCUT2D eigenvalue weighted by molar-refractivity contribution is 0.600. The van der Waals surface area contributed by atoms with E-state index in [-0.39, 0.29) is 10.6 Å². The standard InChI is InChI=1S/C14H10Br2N2O2S/c1-9-3-2-4-13(11(9)8-17)18-21(19,20)14-6-5-10(15)7-12(14)16/h2-7,18H,1H3. The topological polar surface area (TPSA) is 70.0 Å². The number of nitrogens with zero attached hydrogens (tertiary/aromatic N) is 1. The molecule has 4 nitrogen and oxygen atoms in total. The highest BCUT2D eigenvalue weighted by Gasteiger charge is 2.19. The van der Waals surface area contributed by atoms with Gasteiger partial charge in [-0.05, 0) is 52.7 Å². The van der Waals surface area contributed by atoms with Crippen LogP contribution < -0.4 is 4.72 Å². The predicted octanol–water partition coefficient (Wildman–Crippen LogP) is 4.19. The number of nitriles is 1. The van der Waals surface area contributed by atoms with E-state index in [0.717, 1.165) is 4.47 Å². The molecule has 0 radical (unpaired) electrons. The molecule has 108 valence electrons. The maximum absolute atomic E-state index is 12.4. The lowest BCUT2D eigenvalue weighted by Crippen LogP contribution is -2.14. The fraction of sp³-hybridized carbons (Fsp3) is 0.0714. The number of aryl methyl sites for hydroxylation is 1. The molecule has 0 heterocycles. The van der Waals surface area contributed by atoms with Crippen molar-refractivity contribution in [2.24, 2.45) is 0 Å². The molecule has 1 N–H and O–H groups in total. The Morgan fingerprint density at radius 3 is 2.52 bits per heavy atom. The van der Waals surface area contributed by atoms with Crippen LogP contribution in [-0.4, -0.2) is 8.42 Å². The van der Waals surface area contributed by atoms with E-state index in [1.165, 1.54) is 6.07 Å². The lowest BCUT2D eigenvalue weighted by atomic mass is 10.1. The number of nitrogens with one attached hydrogen (secondary N) is 1. The summed E-state index contributed by atoms with van der Waals surface area (Å²) in [5.74, 6) is 0. The van der Waals surface area contributed by atoms with Gasteiger partial charge in [0.2, 0.25) is 0 Å². The van der Waals surface area contributed by atoms with E-state index >= 15 is 0 Å². The van der Waals surface area contributed by atoms with Crippen LogP contribution in [0.25, 0.3) is 0 Å². The Bertz CT molecular complexity index is 843. The molecule has 0 aliphatic rings.